The molecule has 0 fully saturated rings. The summed E-state index contributed by atoms with van der Waals surface area (Å²) in [5.41, 5.74) is 7.85. The molecule has 53 heavy (non-hydrogen) atoms. The molecule has 0 aliphatic heterocycles. The number of nitro groups is 1. The first-order chi connectivity index (χ1) is 25.2. The zero-order valence-electron chi connectivity index (χ0n) is 30.4. The molecule has 3 atom stereocenters. The van der Waals surface area contributed by atoms with Gasteiger partial charge in [0.2, 0.25) is 11.8 Å². The van der Waals surface area contributed by atoms with Gasteiger partial charge in [0.1, 0.15) is 30.3 Å². The third kappa shape index (κ3) is 18.7. The SMILES string of the molecule is COC(=O)[C@H](CCCCNC(=O)OCc1ccccc1)NC(=O)[C@H](Cc1ccccc1)NC(=O)[C@@H](CCCN=C(N)N[N+](=O)[O-])NC(=O)OC(C)(C)C. The highest BCUT2D eigenvalue weighted by molar-refractivity contribution is 5.93. The van der Waals surface area contributed by atoms with Gasteiger partial charge in [0.15, 0.2) is 5.03 Å². The number of guanidine groups is 1. The third-order valence-corrected chi connectivity index (χ3v) is 7.27. The molecule has 0 aliphatic rings. The number of nitrogens with one attached hydrogen (secondary N) is 5. The van der Waals surface area contributed by atoms with Crippen LogP contribution >= 0.6 is 0 Å². The second-order valence-corrected chi connectivity index (χ2v) is 12.8. The summed E-state index contributed by atoms with van der Waals surface area (Å²) in [4.78, 5) is 79.2. The molecule has 0 aliphatic carbocycles. The van der Waals surface area contributed by atoms with Crippen LogP contribution in [0.5, 0.6) is 0 Å². The Morgan fingerprint density at radius 2 is 1.40 bits per heavy atom. The molecule has 2 aromatic rings. The van der Waals surface area contributed by atoms with E-state index in [1.54, 1.807) is 56.5 Å². The number of hydrogen-bond donors (Lipinski definition) is 6. The normalized spacial score (nSPS) is 12.9. The van der Waals surface area contributed by atoms with Gasteiger partial charge in [-0.3, -0.25) is 9.59 Å². The van der Waals surface area contributed by atoms with E-state index in [1.807, 2.05) is 30.3 Å². The molecule has 18 nitrogen and oxygen atoms in total. The molecule has 0 saturated heterocycles. The van der Waals surface area contributed by atoms with Crippen LogP contribution in [0.1, 0.15) is 64.0 Å². The van der Waals surface area contributed by atoms with Gasteiger partial charge in [-0.1, -0.05) is 66.1 Å². The van der Waals surface area contributed by atoms with Gasteiger partial charge in [0.05, 0.1) is 7.11 Å². The molecule has 0 heterocycles. The van der Waals surface area contributed by atoms with Crippen molar-refractivity contribution in [3.8, 4) is 0 Å². The number of nitrogens with zero attached hydrogens (tertiary/aromatic N) is 2. The molecule has 7 N–H and O–H groups in total. The predicted molar refractivity (Wildman–Crippen MR) is 194 cm³/mol. The number of esters is 1. The molecule has 0 unspecified atom stereocenters. The Hall–Kier alpha value is -5.94. The van der Waals surface area contributed by atoms with Gasteiger partial charge in [-0.2, -0.15) is 0 Å². The Bertz CT molecular complexity index is 1520. The van der Waals surface area contributed by atoms with Crippen molar-refractivity contribution in [1.82, 2.24) is 26.7 Å². The van der Waals surface area contributed by atoms with Crippen molar-refractivity contribution in [3.63, 3.8) is 0 Å². The van der Waals surface area contributed by atoms with Gasteiger partial charge >= 0.3 is 18.2 Å². The fraction of sp³-hybridized carbons (Fsp3) is 0.486. The Kier molecular flexibility index (Phi) is 18.6. The van der Waals surface area contributed by atoms with Crippen molar-refractivity contribution in [2.24, 2.45) is 10.7 Å². The van der Waals surface area contributed by atoms with Crippen molar-refractivity contribution < 1.29 is 43.2 Å². The Morgan fingerprint density at radius 3 is 2.00 bits per heavy atom. The highest BCUT2D eigenvalue weighted by Gasteiger charge is 2.31. The van der Waals surface area contributed by atoms with Crippen molar-refractivity contribution >= 4 is 35.9 Å². The van der Waals surface area contributed by atoms with Crippen LogP contribution in [0.3, 0.4) is 0 Å². The minimum Gasteiger partial charge on any atom is -0.467 e. The largest absolute Gasteiger partial charge is 0.467 e. The first-order valence-corrected chi connectivity index (χ1v) is 17.0. The van der Waals surface area contributed by atoms with E-state index >= 15 is 0 Å². The lowest BCUT2D eigenvalue weighted by Crippen LogP contribution is -2.56. The highest BCUT2D eigenvalue weighted by Crippen LogP contribution is 2.11. The number of carbonyl (C=O) groups is 5. The summed E-state index contributed by atoms with van der Waals surface area (Å²) < 4.78 is 15.4. The second kappa shape index (κ2) is 22.8. The van der Waals surface area contributed by atoms with Crippen molar-refractivity contribution in [3.05, 3.63) is 81.9 Å². The van der Waals surface area contributed by atoms with Gasteiger partial charge in [0.25, 0.3) is 5.96 Å². The van der Waals surface area contributed by atoms with Crippen LogP contribution in [-0.4, -0.2) is 84.9 Å². The lowest BCUT2D eigenvalue weighted by atomic mass is 10.0. The maximum absolute atomic E-state index is 13.7. The molecule has 0 radical (unpaired) electrons. The van der Waals surface area contributed by atoms with Crippen LogP contribution in [0.4, 0.5) is 9.59 Å². The quantitative estimate of drug-likeness (QED) is 0.0217. The lowest BCUT2D eigenvalue weighted by Gasteiger charge is -2.26. The fourth-order valence-corrected chi connectivity index (χ4v) is 4.78. The summed E-state index contributed by atoms with van der Waals surface area (Å²) in [6.45, 7) is 5.31. The van der Waals surface area contributed by atoms with Crippen molar-refractivity contribution in [2.45, 2.75) is 89.6 Å². The standard InChI is InChI=1S/C35H50N8O10/c1-35(2,3)53-34(48)41-26(19-13-21-37-32(36)42-43(49)50)29(44)40-28(22-24-14-7-5-8-15-24)30(45)39-27(31(46)51-4)18-11-12-20-38-33(47)52-23-25-16-9-6-10-17-25/h5-10,14-17,26-28H,11-13,18-23H2,1-4H3,(H,38,47)(H,39,45)(H,40,44)(H,41,48)(H3,36,37,42)/t26-,27+,28+/m1/s1. The minimum atomic E-state index is -1.21. The van der Waals surface area contributed by atoms with Gasteiger partial charge in [-0.25, -0.2) is 29.5 Å². The monoisotopic (exact) mass is 742 g/mol. The van der Waals surface area contributed by atoms with E-state index in [0.717, 1.165) is 5.56 Å². The number of unbranched alkanes of at least 4 members (excludes halogenated alkanes) is 1. The summed E-state index contributed by atoms with van der Waals surface area (Å²) in [6, 6.07) is 14.6. The first kappa shape index (κ1) is 43.2. The van der Waals surface area contributed by atoms with Gasteiger partial charge in [0, 0.05) is 19.5 Å². The predicted octanol–water partition coefficient (Wildman–Crippen LogP) is 2.24. The number of alkyl carbamates (subject to hydrolysis) is 2. The zero-order valence-corrected chi connectivity index (χ0v) is 30.4. The molecular weight excluding hydrogens is 692 g/mol. The van der Waals surface area contributed by atoms with Crippen LogP contribution in [0.2, 0.25) is 0 Å². The van der Waals surface area contributed by atoms with E-state index in [1.165, 1.54) is 7.11 Å². The van der Waals surface area contributed by atoms with Crippen molar-refractivity contribution in [1.29, 1.82) is 0 Å². The molecule has 2 rings (SSSR count). The van der Waals surface area contributed by atoms with E-state index < -0.39 is 64.7 Å². The molecule has 4 amide bonds. The number of methoxy groups -OCH3 is 1. The summed E-state index contributed by atoms with van der Waals surface area (Å²) in [6.07, 6.45) is -0.230. The molecule has 290 valence electrons. The molecule has 2 aromatic carbocycles. The molecule has 0 saturated carbocycles. The Labute approximate surface area is 308 Å². The van der Waals surface area contributed by atoms with E-state index in [-0.39, 0.29) is 45.4 Å². The average Bonchev–Trinajstić information content (AvgIpc) is 3.10. The van der Waals surface area contributed by atoms with Crippen molar-refractivity contribution in [2.75, 3.05) is 20.2 Å². The molecular formula is C35H50N8O10. The van der Waals surface area contributed by atoms with Gasteiger partial charge in [-0.05, 0) is 64.0 Å². The maximum Gasteiger partial charge on any atom is 0.408 e. The van der Waals surface area contributed by atoms with Gasteiger partial charge < -0.3 is 41.2 Å². The Balaban J connectivity index is 2.11. The molecule has 0 aromatic heterocycles. The Morgan fingerprint density at radius 1 is 0.811 bits per heavy atom. The van der Waals surface area contributed by atoms with E-state index in [0.29, 0.717) is 18.4 Å². The van der Waals surface area contributed by atoms with E-state index in [2.05, 4.69) is 26.3 Å². The van der Waals surface area contributed by atoms with Crippen LogP contribution in [0.15, 0.2) is 65.7 Å². The molecule has 18 heteroatoms. The lowest BCUT2D eigenvalue weighted by molar-refractivity contribution is -0.525. The fourth-order valence-electron chi connectivity index (χ4n) is 4.78. The summed E-state index contributed by atoms with van der Waals surface area (Å²) in [5.74, 6) is -2.55. The number of hydrazine groups is 1. The number of amides is 4. The summed E-state index contributed by atoms with van der Waals surface area (Å²) in [5, 5.41) is 20.2. The van der Waals surface area contributed by atoms with Crippen LogP contribution in [-0.2, 0) is 41.6 Å². The number of carbonyl (C=O) groups excluding carboxylic acids is 5. The zero-order chi connectivity index (χ0) is 39.2. The van der Waals surface area contributed by atoms with Crippen LogP contribution in [0, 0.1) is 10.1 Å². The summed E-state index contributed by atoms with van der Waals surface area (Å²) in [7, 11) is 1.19. The smallest absolute Gasteiger partial charge is 0.408 e. The second-order valence-electron chi connectivity index (χ2n) is 12.8. The van der Waals surface area contributed by atoms with E-state index in [4.69, 9.17) is 19.9 Å². The van der Waals surface area contributed by atoms with Crippen LogP contribution < -0.4 is 32.4 Å². The third-order valence-electron chi connectivity index (χ3n) is 7.27. The van der Waals surface area contributed by atoms with Crippen LogP contribution in [0.25, 0.3) is 0 Å². The van der Waals surface area contributed by atoms with E-state index in [9.17, 15) is 34.1 Å². The summed E-state index contributed by atoms with van der Waals surface area (Å²) >= 11 is 0. The number of hydrogen-bond acceptors (Lipinski definition) is 11. The molecule has 0 bridgehead atoms. The number of aliphatic imine (C=N–C) groups is 1. The minimum absolute atomic E-state index is 0.00137. The average molecular weight is 743 g/mol. The highest BCUT2D eigenvalue weighted by atomic mass is 16.7. The number of rotatable bonds is 20. The maximum atomic E-state index is 13.7. The topological polar surface area (TPSA) is 255 Å². The number of nitrogens with two attached hydrogens (primary N) is 1. The number of benzene rings is 2. The molecule has 0 spiro atoms. The van der Waals surface area contributed by atoms with Gasteiger partial charge in [-0.15, -0.1) is 0 Å². The number of ether oxygens (including phenoxy) is 3. The first-order valence-electron chi connectivity index (χ1n) is 17.0.